The Bertz CT molecular complexity index is 1020. The Morgan fingerprint density at radius 1 is 1.31 bits per heavy atom. The number of aryl methyl sites for hydroxylation is 1. The summed E-state index contributed by atoms with van der Waals surface area (Å²) in [4.78, 5) is 27.0. The van der Waals surface area contributed by atoms with Crippen molar-refractivity contribution in [3.63, 3.8) is 0 Å². The molecule has 7 heteroatoms. The minimum absolute atomic E-state index is 0.163. The molecule has 0 fully saturated rings. The van der Waals surface area contributed by atoms with Gasteiger partial charge in [0.2, 0.25) is 0 Å². The monoisotopic (exact) mass is 372 g/mol. The van der Waals surface area contributed by atoms with Crippen molar-refractivity contribution in [2.24, 2.45) is 0 Å². The van der Waals surface area contributed by atoms with Gasteiger partial charge in [0.05, 0.1) is 17.6 Å². The fourth-order valence-corrected chi connectivity index (χ4v) is 3.36. The Morgan fingerprint density at radius 2 is 2.15 bits per heavy atom. The van der Waals surface area contributed by atoms with E-state index in [-0.39, 0.29) is 12.3 Å². The van der Waals surface area contributed by atoms with Gasteiger partial charge in [-0.3, -0.25) is 4.57 Å². The molecule has 0 aliphatic carbocycles. The number of fused-ring (bicyclic) bond motifs is 2. The number of aromatic amines is 1. The minimum atomic E-state index is -0.640. The molecule has 0 radical (unpaired) electrons. The van der Waals surface area contributed by atoms with Crippen molar-refractivity contribution in [3.05, 3.63) is 63.5 Å². The maximum Gasteiger partial charge on any atom is 0.347 e. The molecule has 3 aromatic rings. The lowest BCUT2D eigenvalue weighted by Crippen LogP contribution is -2.28. The number of aromatic nitrogens is 2. The van der Waals surface area contributed by atoms with E-state index in [0.29, 0.717) is 30.2 Å². The van der Waals surface area contributed by atoms with E-state index in [1.807, 2.05) is 24.3 Å². The molecular formula is C19H17ClN2O4. The van der Waals surface area contributed by atoms with Gasteiger partial charge in [0.1, 0.15) is 5.75 Å². The van der Waals surface area contributed by atoms with Crippen LogP contribution in [0.25, 0.3) is 11.0 Å². The molecule has 0 bridgehead atoms. The van der Waals surface area contributed by atoms with Crippen molar-refractivity contribution >= 4 is 28.6 Å². The molecule has 26 heavy (non-hydrogen) atoms. The second-order valence-electron chi connectivity index (χ2n) is 6.18. The molecule has 1 aliphatic heterocycles. The number of benzene rings is 2. The zero-order chi connectivity index (χ0) is 18.1. The van der Waals surface area contributed by atoms with Crippen LogP contribution in [0.4, 0.5) is 0 Å². The molecule has 6 nitrogen and oxygen atoms in total. The number of carbonyl (C=O) groups excluding carboxylic acids is 1. The highest BCUT2D eigenvalue weighted by molar-refractivity contribution is 6.30. The summed E-state index contributed by atoms with van der Waals surface area (Å²) in [7, 11) is 0. The maximum absolute atomic E-state index is 12.2. The van der Waals surface area contributed by atoms with Crippen LogP contribution < -0.4 is 10.4 Å². The van der Waals surface area contributed by atoms with E-state index in [1.165, 1.54) is 0 Å². The van der Waals surface area contributed by atoms with E-state index < -0.39 is 12.1 Å². The number of hydrogen-bond acceptors (Lipinski definition) is 4. The third-order valence-electron chi connectivity index (χ3n) is 4.41. The molecule has 0 spiro atoms. The Balaban J connectivity index is 1.31. The average molecular weight is 373 g/mol. The summed E-state index contributed by atoms with van der Waals surface area (Å²) in [5.74, 6) is 0.269. The molecule has 1 aliphatic rings. The molecule has 2 heterocycles. The Hall–Kier alpha value is -2.73. The van der Waals surface area contributed by atoms with Crippen molar-refractivity contribution in [1.29, 1.82) is 0 Å². The van der Waals surface area contributed by atoms with Gasteiger partial charge < -0.3 is 14.5 Å². The number of esters is 1. The van der Waals surface area contributed by atoms with Crippen molar-refractivity contribution in [2.75, 3.05) is 6.61 Å². The lowest BCUT2D eigenvalue weighted by Gasteiger charge is -2.10. The number of para-hydroxylation sites is 2. The highest BCUT2D eigenvalue weighted by Crippen LogP contribution is 2.31. The lowest BCUT2D eigenvalue weighted by molar-refractivity contribution is -0.151. The summed E-state index contributed by atoms with van der Waals surface area (Å²) in [6, 6.07) is 12.8. The first kappa shape index (κ1) is 16.7. The van der Waals surface area contributed by atoms with Crippen molar-refractivity contribution < 1.29 is 14.3 Å². The zero-order valence-corrected chi connectivity index (χ0v) is 14.7. The van der Waals surface area contributed by atoms with E-state index in [1.54, 1.807) is 22.8 Å². The third-order valence-corrected chi connectivity index (χ3v) is 4.65. The normalized spacial score (nSPS) is 15.7. The second-order valence-corrected chi connectivity index (χ2v) is 6.62. The number of nitrogens with zero attached hydrogens (tertiary/aromatic N) is 1. The predicted molar refractivity (Wildman–Crippen MR) is 97.7 cm³/mol. The Morgan fingerprint density at radius 3 is 3.04 bits per heavy atom. The van der Waals surface area contributed by atoms with Gasteiger partial charge in [-0.05, 0) is 42.3 Å². The largest absolute Gasteiger partial charge is 0.478 e. The van der Waals surface area contributed by atoms with Gasteiger partial charge in [-0.2, -0.15) is 0 Å². The lowest BCUT2D eigenvalue weighted by atomic mass is 10.1. The van der Waals surface area contributed by atoms with E-state index in [9.17, 15) is 9.59 Å². The molecule has 2 aromatic carbocycles. The topological polar surface area (TPSA) is 73.3 Å². The first-order valence-electron chi connectivity index (χ1n) is 8.41. The highest BCUT2D eigenvalue weighted by Gasteiger charge is 2.30. The standard InChI is InChI=1S/C19H17ClN2O4/c20-13-6-7-16-12(10-13)11-17(26-16)18(23)25-9-3-8-22-15-5-2-1-4-14(15)21-19(22)24/h1-2,4-7,10,17H,3,8-9,11H2,(H,21,24). The molecule has 1 N–H and O–H groups in total. The number of hydrogen-bond donors (Lipinski definition) is 1. The fraction of sp³-hybridized carbons (Fsp3) is 0.263. The SMILES string of the molecule is O=C(OCCCn1c(=O)[nH]c2ccccc21)C1Cc2cc(Cl)ccc2O1. The smallest absolute Gasteiger partial charge is 0.347 e. The molecule has 1 unspecified atom stereocenters. The van der Waals surface area contributed by atoms with Crippen LogP contribution >= 0.6 is 11.6 Å². The number of halogens is 1. The van der Waals surface area contributed by atoms with Crippen LogP contribution in [0, 0.1) is 0 Å². The van der Waals surface area contributed by atoms with Crippen LogP contribution in [0.3, 0.4) is 0 Å². The molecule has 0 saturated heterocycles. The molecule has 1 atom stereocenters. The van der Waals surface area contributed by atoms with E-state index >= 15 is 0 Å². The summed E-state index contributed by atoms with van der Waals surface area (Å²) < 4.78 is 12.6. The number of H-pyrrole nitrogens is 1. The molecule has 0 amide bonds. The van der Waals surface area contributed by atoms with E-state index in [0.717, 1.165) is 16.6 Å². The van der Waals surface area contributed by atoms with Gasteiger partial charge in [0, 0.05) is 18.0 Å². The zero-order valence-electron chi connectivity index (χ0n) is 13.9. The van der Waals surface area contributed by atoms with Crippen LogP contribution in [0.2, 0.25) is 5.02 Å². The third kappa shape index (κ3) is 3.20. The van der Waals surface area contributed by atoms with Crippen LogP contribution in [-0.2, 0) is 22.5 Å². The predicted octanol–water partition coefficient (Wildman–Crippen LogP) is 2.92. The number of nitrogens with one attached hydrogen (secondary N) is 1. The summed E-state index contributed by atoms with van der Waals surface area (Å²) in [6.45, 7) is 0.694. The van der Waals surface area contributed by atoms with Crippen LogP contribution in [0.15, 0.2) is 47.3 Å². The first-order chi connectivity index (χ1) is 12.6. The quantitative estimate of drug-likeness (QED) is 0.552. The van der Waals surface area contributed by atoms with Gasteiger partial charge >= 0.3 is 11.7 Å². The van der Waals surface area contributed by atoms with Crippen LogP contribution in [0.5, 0.6) is 5.75 Å². The number of imidazole rings is 1. The summed E-state index contributed by atoms with van der Waals surface area (Å²) >= 11 is 5.95. The maximum atomic E-state index is 12.2. The van der Waals surface area contributed by atoms with Crippen LogP contribution in [0.1, 0.15) is 12.0 Å². The van der Waals surface area contributed by atoms with Gasteiger partial charge in [-0.1, -0.05) is 23.7 Å². The molecule has 4 rings (SSSR count). The number of carbonyl (C=O) groups is 1. The fourth-order valence-electron chi connectivity index (χ4n) is 3.17. The summed E-state index contributed by atoms with van der Waals surface area (Å²) in [5.41, 5.74) is 2.38. The van der Waals surface area contributed by atoms with Gasteiger partial charge in [-0.25, -0.2) is 9.59 Å². The molecule has 0 saturated carbocycles. The van der Waals surface area contributed by atoms with Gasteiger partial charge in [0.15, 0.2) is 6.10 Å². The molecule has 1 aromatic heterocycles. The molecular weight excluding hydrogens is 356 g/mol. The number of ether oxygens (including phenoxy) is 2. The van der Waals surface area contributed by atoms with E-state index in [4.69, 9.17) is 21.1 Å². The Labute approximate surface area is 154 Å². The van der Waals surface area contributed by atoms with Crippen molar-refractivity contribution in [2.45, 2.75) is 25.5 Å². The van der Waals surface area contributed by atoms with E-state index in [2.05, 4.69) is 4.98 Å². The van der Waals surface area contributed by atoms with Gasteiger partial charge in [0.25, 0.3) is 0 Å². The van der Waals surface area contributed by atoms with Crippen molar-refractivity contribution in [3.8, 4) is 5.75 Å². The molecule has 134 valence electrons. The average Bonchev–Trinajstić information content (AvgIpc) is 3.18. The second kappa shape index (κ2) is 6.88. The van der Waals surface area contributed by atoms with Crippen LogP contribution in [-0.4, -0.2) is 28.2 Å². The Kier molecular flexibility index (Phi) is 4.42. The summed E-state index contributed by atoms with van der Waals surface area (Å²) in [6.07, 6.45) is 0.356. The first-order valence-corrected chi connectivity index (χ1v) is 8.79. The van der Waals surface area contributed by atoms with Gasteiger partial charge in [-0.15, -0.1) is 0 Å². The summed E-state index contributed by atoms with van der Waals surface area (Å²) in [5, 5.41) is 0.616. The van der Waals surface area contributed by atoms with Crippen molar-refractivity contribution in [1.82, 2.24) is 9.55 Å². The highest BCUT2D eigenvalue weighted by atomic mass is 35.5. The number of rotatable bonds is 5. The minimum Gasteiger partial charge on any atom is -0.478 e.